The highest BCUT2D eigenvalue weighted by Gasteiger charge is 2.36. The van der Waals surface area contributed by atoms with Crippen molar-refractivity contribution in [3.05, 3.63) is 41.2 Å². The molecule has 0 radical (unpaired) electrons. The Morgan fingerprint density at radius 3 is 2.62 bits per heavy atom. The van der Waals surface area contributed by atoms with Crippen LogP contribution >= 0.6 is 0 Å². The zero-order valence-corrected chi connectivity index (χ0v) is 15.6. The van der Waals surface area contributed by atoms with Crippen molar-refractivity contribution < 1.29 is 13.2 Å². The van der Waals surface area contributed by atoms with E-state index in [9.17, 15) is 18.5 Å². The number of sulfonamides is 1. The van der Waals surface area contributed by atoms with Crippen LogP contribution in [0.15, 0.2) is 30.0 Å². The lowest BCUT2D eigenvalue weighted by Gasteiger charge is -2.10. The van der Waals surface area contributed by atoms with E-state index < -0.39 is 15.8 Å². The minimum absolute atomic E-state index is 0.0212. The molecule has 0 spiro atoms. The highest BCUT2D eigenvalue weighted by atomic mass is 32.2. The van der Waals surface area contributed by atoms with Crippen LogP contribution in [0, 0.1) is 18.3 Å². The number of ketones is 1. The molecule has 1 saturated carbocycles. The molecule has 0 atom stereocenters. The van der Waals surface area contributed by atoms with E-state index in [1.807, 2.05) is 19.1 Å². The number of aryl methyl sites for hydroxylation is 1. The average Bonchev–Trinajstić information content (AvgIpc) is 3.34. The second kappa shape index (κ2) is 6.50. The van der Waals surface area contributed by atoms with E-state index >= 15 is 0 Å². The van der Waals surface area contributed by atoms with Gasteiger partial charge in [-0.3, -0.25) is 9.52 Å². The molecule has 1 aliphatic carbocycles. The third-order valence-electron chi connectivity index (χ3n) is 4.18. The van der Waals surface area contributed by atoms with Crippen molar-refractivity contribution in [2.45, 2.75) is 25.0 Å². The minimum Gasteiger partial charge on any atom is -0.382 e. The van der Waals surface area contributed by atoms with Crippen molar-refractivity contribution in [2.75, 3.05) is 18.8 Å². The summed E-state index contributed by atoms with van der Waals surface area (Å²) < 4.78 is 27.0. The number of aromatic amines is 1. The van der Waals surface area contributed by atoms with Gasteiger partial charge in [0.25, 0.3) is 0 Å². The van der Waals surface area contributed by atoms with Crippen LogP contribution in [-0.4, -0.2) is 43.4 Å². The first-order chi connectivity index (χ1) is 12.2. The van der Waals surface area contributed by atoms with Crippen LogP contribution in [-0.2, 0) is 10.0 Å². The number of Topliss-reactive ketones (excluding diaryl/α,β-unsaturated/α-hetero) is 1. The summed E-state index contributed by atoms with van der Waals surface area (Å²) in [4.78, 5) is 17.1. The number of H-pyrrole nitrogens is 1. The molecule has 1 aromatic carbocycles. The Bertz CT molecular complexity index is 1050. The third-order valence-corrected chi connectivity index (χ3v) is 6.03. The van der Waals surface area contributed by atoms with Gasteiger partial charge in [0.15, 0.2) is 0 Å². The SMILES string of the molecule is Cc1cc2cc(C(=O)/C(C#N)=C/N(C)C)[nH]c2cc1NS(=O)(=O)C1CC1. The van der Waals surface area contributed by atoms with Gasteiger partial charge in [-0.1, -0.05) is 0 Å². The van der Waals surface area contributed by atoms with Gasteiger partial charge in [-0.15, -0.1) is 0 Å². The zero-order chi connectivity index (χ0) is 19.1. The Balaban J connectivity index is 1.97. The van der Waals surface area contributed by atoms with Crippen molar-refractivity contribution in [3.8, 4) is 6.07 Å². The number of hydrogen-bond acceptors (Lipinski definition) is 5. The van der Waals surface area contributed by atoms with E-state index in [1.54, 1.807) is 31.1 Å². The minimum atomic E-state index is -3.36. The molecule has 1 aliphatic rings. The van der Waals surface area contributed by atoms with E-state index in [-0.39, 0.29) is 16.5 Å². The molecular weight excluding hydrogens is 352 g/mol. The number of nitriles is 1. The first-order valence-corrected chi connectivity index (χ1v) is 9.74. The van der Waals surface area contributed by atoms with Gasteiger partial charge in [0, 0.05) is 31.2 Å². The smallest absolute Gasteiger partial charge is 0.235 e. The fraction of sp³-hybridized carbons (Fsp3) is 0.333. The molecule has 0 saturated heterocycles. The van der Waals surface area contributed by atoms with Crippen molar-refractivity contribution in [2.24, 2.45) is 0 Å². The van der Waals surface area contributed by atoms with Crippen LogP contribution in [0.1, 0.15) is 28.9 Å². The Morgan fingerprint density at radius 2 is 2.04 bits per heavy atom. The van der Waals surface area contributed by atoms with Crippen molar-refractivity contribution in [1.82, 2.24) is 9.88 Å². The normalized spacial score (nSPS) is 14.9. The maximum Gasteiger partial charge on any atom is 0.235 e. The second-order valence-electron chi connectivity index (χ2n) is 6.73. The highest BCUT2D eigenvalue weighted by Crippen LogP contribution is 2.32. The zero-order valence-electron chi connectivity index (χ0n) is 14.8. The lowest BCUT2D eigenvalue weighted by atomic mass is 10.1. The molecular formula is C18H20N4O3S. The molecule has 2 N–H and O–H groups in total. The van der Waals surface area contributed by atoms with E-state index in [2.05, 4.69) is 9.71 Å². The van der Waals surface area contributed by atoms with Crippen LogP contribution < -0.4 is 4.72 Å². The number of nitrogens with one attached hydrogen (secondary N) is 2. The number of nitrogens with zero attached hydrogens (tertiary/aromatic N) is 2. The third kappa shape index (κ3) is 3.58. The van der Waals surface area contributed by atoms with Gasteiger partial charge in [-0.05, 0) is 43.5 Å². The van der Waals surface area contributed by atoms with Crippen LogP contribution in [0.5, 0.6) is 0 Å². The summed E-state index contributed by atoms with van der Waals surface area (Å²) in [6, 6.07) is 7.08. The lowest BCUT2D eigenvalue weighted by Crippen LogP contribution is -2.17. The molecule has 1 aromatic heterocycles. The highest BCUT2D eigenvalue weighted by molar-refractivity contribution is 7.93. The molecule has 7 nitrogen and oxygen atoms in total. The molecule has 0 amide bonds. The lowest BCUT2D eigenvalue weighted by molar-refractivity contribution is 0.103. The molecule has 3 rings (SSSR count). The summed E-state index contributed by atoms with van der Waals surface area (Å²) in [5.41, 5.74) is 2.21. The van der Waals surface area contributed by atoms with E-state index in [0.717, 1.165) is 10.9 Å². The van der Waals surface area contributed by atoms with Gasteiger partial charge in [-0.2, -0.15) is 5.26 Å². The van der Waals surface area contributed by atoms with Crippen LogP contribution in [0.2, 0.25) is 0 Å². The Labute approximate surface area is 152 Å². The molecule has 2 aromatic rings. The number of anilines is 1. The predicted molar refractivity (Wildman–Crippen MR) is 100 cm³/mol. The fourth-order valence-corrected chi connectivity index (χ4v) is 4.13. The predicted octanol–water partition coefficient (Wildman–Crippen LogP) is 2.53. The Kier molecular flexibility index (Phi) is 4.50. The number of rotatable bonds is 6. The largest absolute Gasteiger partial charge is 0.382 e. The molecule has 1 fully saturated rings. The van der Waals surface area contributed by atoms with Crippen LogP contribution in [0.3, 0.4) is 0 Å². The first-order valence-electron chi connectivity index (χ1n) is 8.19. The van der Waals surface area contributed by atoms with Gasteiger partial charge in [0.2, 0.25) is 15.8 Å². The van der Waals surface area contributed by atoms with Crippen LogP contribution in [0.25, 0.3) is 10.9 Å². The molecule has 0 bridgehead atoms. The fourth-order valence-electron chi connectivity index (χ4n) is 2.68. The molecule has 1 heterocycles. The topological polar surface area (TPSA) is 106 Å². The monoisotopic (exact) mass is 372 g/mol. The van der Waals surface area contributed by atoms with E-state index in [0.29, 0.717) is 24.0 Å². The molecule has 26 heavy (non-hydrogen) atoms. The number of hydrogen-bond donors (Lipinski definition) is 2. The standard InChI is InChI=1S/C18H20N4O3S/c1-11-6-12-7-17(18(23)13(9-19)10-22(2)3)20-16(12)8-15(11)21-26(24,25)14-4-5-14/h6-8,10,14,20-21H,4-5H2,1-3H3/b13-10+. The summed E-state index contributed by atoms with van der Waals surface area (Å²) in [5, 5.41) is 9.67. The van der Waals surface area contributed by atoms with Crippen LogP contribution in [0.4, 0.5) is 5.69 Å². The van der Waals surface area contributed by atoms with Crippen molar-refractivity contribution >= 4 is 32.4 Å². The first kappa shape index (κ1) is 18.0. The number of allylic oxidation sites excluding steroid dienone is 1. The van der Waals surface area contributed by atoms with E-state index in [4.69, 9.17) is 0 Å². The molecule has 8 heteroatoms. The summed E-state index contributed by atoms with van der Waals surface area (Å²) in [5.74, 6) is -0.407. The van der Waals surface area contributed by atoms with Gasteiger partial charge in [0.1, 0.15) is 11.6 Å². The maximum absolute atomic E-state index is 12.5. The average molecular weight is 372 g/mol. The number of benzene rings is 1. The number of carbonyl (C=O) groups excluding carboxylic acids is 1. The van der Waals surface area contributed by atoms with Gasteiger partial charge in [0.05, 0.1) is 16.6 Å². The van der Waals surface area contributed by atoms with Crippen molar-refractivity contribution in [1.29, 1.82) is 5.26 Å². The molecule has 136 valence electrons. The number of carbonyl (C=O) groups is 1. The maximum atomic E-state index is 12.5. The van der Waals surface area contributed by atoms with E-state index in [1.165, 1.54) is 6.20 Å². The second-order valence-corrected chi connectivity index (χ2v) is 8.69. The summed E-state index contributed by atoms with van der Waals surface area (Å²) in [6.45, 7) is 1.81. The van der Waals surface area contributed by atoms with Gasteiger partial charge < -0.3 is 9.88 Å². The molecule has 0 unspecified atom stereocenters. The number of fused-ring (bicyclic) bond motifs is 1. The summed E-state index contributed by atoms with van der Waals surface area (Å²) >= 11 is 0. The number of aromatic nitrogens is 1. The quantitative estimate of drug-likeness (QED) is 0.460. The van der Waals surface area contributed by atoms with Crippen molar-refractivity contribution in [3.63, 3.8) is 0 Å². The van der Waals surface area contributed by atoms with Gasteiger partial charge >= 0.3 is 0 Å². The Morgan fingerprint density at radius 1 is 1.35 bits per heavy atom. The summed E-state index contributed by atoms with van der Waals surface area (Å²) in [6.07, 6.45) is 2.84. The Hall–Kier alpha value is -2.79. The van der Waals surface area contributed by atoms with Gasteiger partial charge in [-0.25, -0.2) is 8.42 Å². The summed E-state index contributed by atoms with van der Waals surface area (Å²) in [7, 11) is 0.107. The molecule has 0 aliphatic heterocycles.